The summed E-state index contributed by atoms with van der Waals surface area (Å²) >= 11 is 0. The second kappa shape index (κ2) is 6.10. The molecule has 2 aromatic carbocycles. The van der Waals surface area contributed by atoms with E-state index in [2.05, 4.69) is 4.98 Å². The Morgan fingerprint density at radius 1 is 1.30 bits per heavy atom. The zero-order valence-corrected chi connectivity index (χ0v) is 12.7. The van der Waals surface area contributed by atoms with Gasteiger partial charge in [0.1, 0.15) is 11.6 Å². The molecule has 0 atom stereocenters. The molecule has 0 aliphatic carbocycles. The van der Waals surface area contributed by atoms with Crippen LogP contribution >= 0.6 is 0 Å². The fraction of sp³-hybridized carbons (Fsp3) is 0.176. The maximum atomic E-state index is 11.1. The molecule has 3 N–H and O–H groups in total. The zero-order chi connectivity index (χ0) is 16.4. The number of carboxylic acid groups (broad SMARTS) is 1. The summed E-state index contributed by atoms with van der Waals surface area (Å²) in [5.41, 5.74) is 8.70. The minimum Gasteiger partial charge on any atom is -0.497 e. The fourth-order valence-electron chi connectivity index (χ4n) is 2.60. The molecule has 0 bridgehead atoms. The van der Waals surface area contributed by atoms with Crippen LogP contribution in [-0.2, 0) is 13.1 Å². The number of hydrogen-bond acceptors (Lipinski definition) is 4. The predicted molar refractivity (Wildman–Crippen MR) is 86.7 cm³/mol. The average Bonchev–Trinajstić information content (AvgIpc) is 2.92. The van der Waals surface area contributed by atoms with Crippen molar-refractivity contribution in [2.45, 2.75) is 13.1 Å². The lowest BCUT2D eigenvalue weighted by Crippen LogP contribution is -2.10. The molecule has 0 radical (unpaired) electrons. The van der Waals surface area contributed by atoms with Gasteiger partial charge in [-0.2, -0.15) is 0 Å². The lowest BCUT2D eigenvalue weighted by atomic mass is 10.1. The highest BCUT2D eigenvalue weighted by Crippen LogP contribution is 2.23. The van der Waals surface area contributed by atoms with Gasteiger partial charge in [-0.3, -0.25) is 0 Å². The number of carbonyl (C=O) groups is 1. The van der Waals surface area contributed by atoms with Gasteiger partial charge in [0.15, 0.2) is 0 Å². The third kappa shape index (κ3) is 2.89. The molecule has 3 aromatic rings. The Balaban J connectivity index is 2.05. The number of ether oxygens (including phenoxy) is 1. The van der Waals surface area contributed by atoms with Crippen LogP contribution in [0.15, 0.2) is 42.5 Å². The Labute approximate surface area is 133 Å². The molecular formula is C17H17N3O3. The lowest BCUT2D eigenvalue weighted by molar-refractivity contribution is 0.0696. The van der Waals surface area contributed by atoms with E-state index < -0.39 is 5.97 Å². The van der Waals surface area contributed by atoms with Crippen molar-refractivity contribution in [3.05, 3.63) is 59.4 Å². The number of carboxylic acids is 1. The van der Waals surface area contributed by atoms with Crippen molar-refractivity contribution in [2.24, 2.45) is 5.73 Å². The van der Waals surface area contributed by atoms with Gasteiger partial charge < -0.3 is 20.1 Å². The van der Waals surface area contributed by atoms with E-state index in [1.807, 2.05) is 28.8 Å². The summed E-state index contributed by atoms with van der Waals surface area (Å²) in [7, 11) is 1.61. The highest BCUT2D eigenvalue weighted by Gasteiger charge is 2.12. The van der Waals surface area contributed by atoms with Gasteiger partial charge in [-0.1, -0.05) is 12.1 Å². The zero-order valence-electron chi connectivity index (χ0n) is 12.7. The topological polar surface area (TPSA) is 90.4 Å². The number of aromatic nitrogens is 2. The predicted octanol–water partition coefficient (Wildman–Crippen LogP) is 2.25. The number of fused-ring (bicyclic) bond motifs is 1. The first-order chi connectivity index (χ1) is 11.1. The van der Waals surface area contributed by atoms with Crippen LogP contribution in [0.3, 0.4) is 0 Å². The quantitative estimate of drug-likeness (QED) is 0.754. The number of nitrogens with two attached hydrogens (primary N) is 1. The van der Waals surface area contributed by atoms with Crippen molar-refractivity contribution >= 4 is 17.0 Å². The van der Waals surface area contributed by atoms with E-state index in [9.17, 15) is 4.79 Å². The van der Waals surface area contributed by atoms with Gasteiger partial charge in [0.05, 0.1) is 30.3 Å². The molecule has 0 fully saturated rings. The van der Waals surface area contributed by atoms with Gasteiger partial charge in [-0.25, -0.2) is 9.78 Å². The summed E-state index contributed by atoms with van der Waals surface area (Å²) in [6, 6.07) is 12.5. The molecule has 0 aliphatic heterocycles. The maximum Gasteiger partial charge on any atom is 0.335 e. The first-order valence-electron chi connectivity index (χ1n) is 7.18. The van der Waals surface area contributed by atoms with E-state index in [-0.39, 0.29) is 5.56 Å². The number of methoxy groups -OCH3 is 1. The maximum absolute atomic E-state index is 11.1. The molecule has 23 heavy (non-hydrogen) atoms. The van der Waals surface area contributed by atoms with Gasteiger partial charge in [0.2, 0.25) is 0 Å². The Kier molecular flexibility index (Phi) is 3.99. The van der Waals surface area contributed by atoms with Crippen LogP contribution in [0.5, 0.6) is 5.75 Å². The minimum absolute atomic E-state index is 0.267. The van der Waals surface area contributed by atoms with E-state index in [0.717, 1.165) is 28.2 Å². The molecule has 6 heteroatoms. The van der Waals surface area contributed by atoms with Gasteiger partial charge >= 0.3 is 5.97 Å². The third-order valence-electron chi connectivity index (χ3n) is 3.73. The molecule has 0 spiro atoms. The van der Waals surface area contributed by atoms with Gasteiger partial charge in [0, 0.05) is 12.6 Å². The first-order valence-corrected chi connectivity index (χ1v) is 7.18. The summed E-state index contributed by atoms with van der Waals surface area (Å²) in [6.07, 6.45) is 0. The molecule has 118 valence electrons. The standard InChI is InChI=1S/C17H17N3O3/c1-23-13-5-6-15-14(8-13)19-16(9-18)20(15)10-11-3-2-4-12(7-11)17(21)22/h2-8H,9-10,18H2,1H3,(H,21,22). The van der Waals surface area contributed by atoms with E-state index in [1.54, 1.807) is 25.3 Å². The third-order valence-corrected chi connectivity index (χ3v) is 3.73. The summed E-state index contributed by atoms with van der Waals surface area (Å²) < 4.78 is 7.22. The molecule has 3 rings (SSSR count). The number of aromatic carboxylic acids is 1. The monoisotopic (exact) mass is 311 g/mol. The number of rotatable bonds is 5. The van der Waals surface area contributed by atoms with Gasteiger partial charge in [-0.15, -0.1) is 0 Å². The second-order valence-corrected chi connectivity index (χ2v) is 5.18. The molecule has 0 aliphatic rings. The van der Waals surface area contributed by atoms with Crippen molar-refractivity contribution in [2.75, 3.05) is 7.11 Å². The number of hydrogen-bond donors (Lipinski definition) is 2. The average molecular weight is 311 g/mol. The summed E-state index contributed by atoms with van der Waals surface area (Å²) in [4.78, 5) is 15.6. The second-order valence-electron chi connectivity index (χ2n) is 5.18. The minimum atomic E-state index is -0.939. The van der Waals surface area contributed by atoms with E-state index in [1.165, 1.54) is 0 Å². The smallest absolute Gasteiger partial charge is 0.335 e. The molecular weight excluding hydrogens is 294 g/mol. The number of benzene rings is 2. The highest BCUT2D eigenvalue weighted by atomic mass is 16.5. The van der Waals surface area contributed by atoms with Crippen LogP contribution in [0, 0.1) is 0 Å². The van der Waals surface area contributed by atoms with Crippen molar-refractivity contribution in [1.82, 2.24) is 9.55 Å². The van der Waals surface area contributed by atoms with Crippen molar-refractivity contribution in [1.29, 1.82) is 0 Å². The molecule has 6 nitrogen and oxygen atoms in total. The van der Waals surface area contributed by atoms with Crippen LogP contribution in [0.4, 0.5) is 0 Å². The van der Waals surface area contributed by atoms with Crippen molar-refractivity contribution in [3.8, 4) is 5.75 Å². The van der Waals surface area contributed by atoms with Crippen molar-refractivity contribution < 1.29 is 14.6 Å². The van der Waals surface area contributed by atoms with Crippen LogP contribution < -0.4 is 10.5 Å². The Bertz CT molecular complexity index is 871. The summed E-state index contributed by atoms with van der Waals surface area (Å²) in [6.45, 7) is 0.812. The first kappa shape index (κ1) is 15.1. The molecule has 1 aromatic heterocycles. The van der Waals surface area contributed by atoms with Crippen LogP contribution in [-0.4, -0.2) is 27.7 Å². The summed E-state index contributed by atoms with van der Waals surface area (Å²) in [5, 5.41) is 9.11. The fourth-order valence-corrected chi connectivity index (χ4v) is 2.60. The number of nitrogens with zero attached hydrogens (tertiary/aromatic N) is 2. The van der Waals surface area contributed by atoms with E-state index in [0.29, 0.717) is 13.1 Å². The highest BCUT2D eigenvalue weighted by molar-refractivity contribution is 5.87. The molecule has 0 amide bonds. The Morgan fingerprint density at radius 2 is 2.13 bits per heavy atom. The van der Waals surface area contributed by atoms with E-state index >= 15 is 0 Å². The Morgan fingerprint density at radius 3 is 2.83 bits per heavy atom. The lowest BCUT2D eigenvalue weighted by Gasteiger charge is -2.09. The van der Waals surface area contributed by atoms with E-state index in [4.69, 9.17) is 15.6 Å². The van der Waals surface area contributed by atoms with Crippen LogP contribution in [0.2, 0.25) is 0 Å². The largest absolute Gasteiger partial charge is 0.497 e. The molecule has 1 heterocycles. The molecule has 0 unspecified atom stereocenters. The molecule has 0 saturated carbocycles. The van der Waals surface area contributed by atoms with Gasteiger partial charge in [-0.05, 0) is 29.8 Å². The normalized spacial score (nSPS) is 10.9. The SMILES string of the molecule is COc1ccc2c(c1)nc(CN)n2Cc1cccc(C(=O)O)c1. The Hall–Kier alpha value is -2.86. The number of imidazole rings is 1. The van der Waals surface area contributed by atoms with Crippen LogP contribution in [0.1, 0.15) is 21.7 Å². The van der Waals surface area contributed by atoms with Crippen molar-refractivity contribution in [3.63, 3.8) is 0 Å². The molecule has 0 saturated heterocycles. The summed E-state index contributed by atoms with van der Waals surface area (Å²) in [5.74, 6) is 0.540. The van der Waals surface area contributed by atoms with Gasteiger partial charge in [0.25, 0.3) is 0 Å². The van der Waals surface area contributed by atoms with Crippen LogP contribution in [0.25, 0.3) is 11.0 Å².